The molecule has 2 aromatic heterocycles. The molecule has 28 heavy (non-hydrogen) atoms. The number of hydrogen-bond donors (Lipinski definition) is 1. The molecule has 4 rings (SSSR count). The molecule has 1 aliphatic rings. The molecule has 7 heteroatoms. The fourth-order valence-electron chi connectivity index (χ4n) is 3.51. The molecule has 0 aliphatic heterocycles. The van der Waals surface area contributed by atoms with Crippen molar-refractivity contribution in [3.63, 3.8) is 0 Å². The third-order valence-electron chi connectivity index (χ3n) is 4.79. The van der Waals surface area contributed by atoms with Crippen LogP contribution in [0.3, 0.4) is 0 Å². The third-order valence-corrected chi connectivity index (χ3v) is 4.79. The number of anilines is 1. The van der Waals surface area contributed by atoms with Gasteiger partial charge in [0.15, 0.2) is 5.82 Å². The molecule has 1 aliphatic carbocycles. The van der Waals surface area contributed by atoms with Gasteiger partial charge in [-0.15, -0.1) is 0 Å². The van der Waals surface area contributed by atoms with Gasteiger partial charge in [-0.25, -0.2) is 9.37 Å². The number of halogens is 1. The summed E-state index contributed by atoms with van der Waals surface area (Å²) in [6.45, 7) is 1.83. The standard InChI is InChI=1S/C19H21FN4O.C2H3N/c20-14-8-4-5-9-15(14)24-16-10-11-22-19(17(16)18(21)23-24)25-12-13-6-2-1-3-7-13;1-2-3/h1-3,6-7,10-11,14-15H,4-5,8-9,12H2,(H2,21,23);1H3/t14-,15+;/m1./s1. The fourth-order valence-corrected chi connectivity index (χ4v) is 3.51. The molecule has 0 radical (unpaired) electrons. The van der Waals surface area contributed by atoms with Crippen molar-refractivity contribution in [3.05, 3.63) is 48.2 Å². The Morgan fingerprint density at radius 1 is 1.25 bits per heavy atom. The minimum Gasteiger partial charge on any atom is -0.472 e. The van der Waals surface area contributed by atoms with Crippen molar-refractivity contribution in [3.8, 4) is 11.9 Å². The first kappa shape index (κ1) is 19.6. The lowest BCUT2D eigenvalue weighted by Gasteiger charge is -2.26. The van der Waals surface area contributed by atoms with Crippen LogP contribution in [0.2, 0.25) is 0 Å². The summed E-state index contributed by atoms with van der Waals surface area (Å²) >= 11 is 0. The van der Waals surface area contributed by atoms with Gasteiger partial charge < -0.3 is 10.5 Å². The van der Waals surface area contributed by atoms with E-state index in [9.17, 15) is 4.39 Å². The second-order valence-electron chi connectivity index (χ2n) is 6.71. The predicted octanol–water partition coefficient (Wildman–Crippen LogP) is 4.58. The summed E-state index contributed by atoms with van der Waals surface area (Å²) in [6.07, 6.45) is 4.07. The zero-order valence-electron chi connectivity index (χ0n) is 15.9. The Hall–Kier alpha value is -3.14. The third kappa shape index (κ3) is 4.22. The van der Waals surface area contributed by atoms with Gasteiger partial charge in [-0.05, 0) is 24.5 Å². The number of nitrogens with zero attached hydrogens (tertiary/aromatic N) is 4. The maximum Gasteiger partial charge on any atom is 0.227 e. The maximum absolute atomic E-state index is 14.4. The van der Waals surface area contributed by atoms with Gasteiger partial charge in [0.2, 0.25) is 5.88 Å². The Morgan fingerprint density at radius 3 is 2.68 bits per heavy atom. The summed E-state index contributed by atoms with van der Waals surface area (Å²) in [5.74, 6) is 0.778. The summed E-state index contributed by atoms with van der Waals surface area (Å²) in [4.78, 5) is 4.31. The highest BCUT2D eigenvalue weighted by molar-refractivity contribution is 5.93. The van der Waals surface area contributed by atoms with Crippen molar-refractivity contribution in [1.82, 2.24) is 14.8 Å². The number of hydrogen-bond acceptors (Lipinski definition) is 5. The van der Waals surface area contributed by atoms with Crippen LogP contribution in [0, 0.1) is 11.3 Å². The van der Waals surface area contributed by atoms with Gasteiger partial charge in [-0.1, -0.05) is 43.2 Å². The van der Waals surface area contributed by atoms with E-state index in [1.165, 1.54) is 6.92 Å². The van der Waals surface area contributed by atoms with Crippen LogP contribution in [0.5, 0.6) is 5.88 Å². The Bertz CT molecular complexity index is 951. The van der Waals surface area contributed by atoms with Gasteiger partial charge >= 0.3 is 0 Å². The molecular formula is C21H24FN5O. The number of rotatable bonds is 4. The topological polar surface area (TPSA) is 89.8 Å². The average molecular weight is 381 g/mol. The zero-order valence-corrected chi connectivity index (χ0v) is 15.9. The molecular weight excluding hydrogens is 357 g/mol. The molecule has 2 atom stereocenters. The van der Waals surface area contributed by atoms with E-state index < -0.39 is 6.17 Å². The monoisotopic (exact) mass is 381 g/mol. The van der Waals surface area contributed by atoms with Gasteiger partial charge in [-0.2, -0.15) is 10.4 Å². The lowest BCUT2D eigenvalue weighted by Crippen LogP contribution is -2.25. The van der Waals surface area contributed by atoms with Gasteiger partial charge in [0, 0.05) is 13.1 Å². The second-order valence-corrected chi connectivity index (χ2v) is 6.71. The van der Waals surface area contributed by atoms with Gasteiger partial charge in [0.1, 0.15) is 18.2 Å². The highest BCUT2D eigenvalue weighted by Gasteiger charge is 2.29. The van der Waals surface area contributed by atoms with Gasteiger partial charge in [0.05, 0.1) is 17.6 Å². The average Bonchev–Trinajstić information content (AvgIpc) is 3.05. The number of nitrogen functional groups attached to an aromatic ring is 1. The quantitative estimate of drug-likeness (QED) is 0.715. The highest BCUT2D eigenvalue weighted by atomic mass is 19.1. The van der Waals surface area contributed by atoms with Crippen LogP contribution in [0.1, 0.15) is 44.2 Å². The zero-order chi connectivity index (χ0) is 19.9. The number of aromatic nitrogens is 3. The minimum atomic E-state index is -0.891. The number of benzene rings is 1. The Labute approximate surface area is 163 Å². The van der Waals surface area contributed by atoms with Crippen LogP contribution in [0.4, 0.5) is 10.2 Å². The van der Waals surface area contributed by atoms with Crippen molar-refractivity contribution < 1.29 is 9.13 Å². The van der Waals surface area contributed by atoms with Crippen LogP contribution >= 0.6 is 0 Å². The molecule has 0 bridgehead atoms. The smallest absolute Gasteiger partial charge is 0.227 e. The Balaban J connectivity index is 0.000000706. The van der Waals surface area contributed by atoms with E-state index in [-0.39, 0.29) is 6.04 Å². The first-order valence-corrected chi connectivity index (χ1v) is 9.40. The molecule has 0 amide bonds. The normalized spacial score (nSPS) is 18.8. The van der Waals surface area contributed by atoms with Crippen molar-refractivity contribution in [2.24, 2.45) is 0 Å². The van der Waals surface area contributed by atoms with E-state index >= 15 is 0 Å². The highest BCUT2D eigenvalue weighted by Crippen LogP contribution is 2.36. The predicted molar refractivity (Wildman–Crippen MR) is 106 cm³/mol. The Kier molecular flexibility index (Phi) is 6.43. The minimum absolute atomic E-state index is 0.266. The summed E-state index contributed by atoms with van der Waals surface area (Å²) in [5.41, 5.74) is 7.95. The number of nitrogens with two attached hydrogens (primary N) is 1. The van der Waals surface area contributed by atoms with Crippen LogP contribution < -0.4 is 10.5 Å². The van der Waals surface area contributed by atoms with Crippen LogP contribution in [0.25, 0.3) is 10.9 Å². The first-order valence-electron chi connectivity index (χ1n) is 9.40. The SMILES string of the molecule is CC#N.Nc1nn([C@H]2CCCC[C@H]2F)c2ccnc(OCc3ccccc3)c12. The number of pyridine rings is 1. The number of alkyl halides is 1. The summed E-state index contributed by atoms with van der Waals surface area (Å²) < 4.78 is 22.0. The first-order chi connectivity index (χ1) is 13.7. The van der Waals surface area contributed by atoms with Crippen molar-refractivity contribution in [2.75, 3.05) is 5.73 Å². The number of nitriles is 1. The molecule has 1 saturated carbocycles. The summed E-state index contributed by atoms with van der Waals surface area (Å²) in [6, 6.07) is 13.2. The number of fused-ring (bicyclic) bond motifs is 1. The number of ether oxygens (including phenoxy) is 1. The summed E-state index contributed by atoms with van der Waals surface area (Å²) in [7, 11) is 0. The molecule has 1 fully saturated rings. The Morgan fingerprint density at radius 2 is 1.96 bits per heavy atom. The van der Waals surface area contributed by atoms with Crippen molar-refractivity contribution >= 4 is 16.7 Å². The molecule has 2 N–H and O–H groups in total. The second kappa shape index (κ2) is 9.18. The molecule has 146 valence electrons. The molecule has 0 saturated heterocycles. The van der Waals surface area contributed by atoms with Crippen LogP contribution in [-0.4, -0.2) is 20.9 Å². The van der Waals surface area contributed by atoms with Crippen molar-refractivity contribution in [1.29, 1.82) is 5.26 Å². The van der Waals surface area contributed by atoms with Crippen LogP contribution in [-0.2, 0) is 6.61 Å². The van der Waals surface area contributed by atoms with E-state index in [4.69, 9.17) is 15.7 Å². The lowest BCUT2D eigenvalue weighted by atomic mass is 9.93. The van der Waals surface area contributed by atoms with E-state index in [1.54, 1.807) is 16.9 Å². The van der Waals surface area contributed by atoms with E-state index in [0.717, 1.165) is 30.3 Å². The van der Waals surface area contributed by atoms with Crippen LogP contribution in [0.15, 0.2) is 42.6 Å². The van der Waals surface area contributed by atoms with E-state index in [1.807, 2.05) is 36.4 Å². The van der Waals surface area contributed by atoms with Gasteiger partial charge in [-0.3, -0.25) is 4.68 Å². The van der Waals surface area contributed by atoms with E-state index in [2.05, 4.69) is 10.1 Å². The molecule has 1 aromatic carbocycles. The molecule has 6 nitrogen and oxygen atoms in total. The largest absolute Gasteiger partial charge is 0.472 e. The van der Waals surface area contributed by atoms with E-state index in [0.29, 0.717) is 30.1 Å². The van der Waals surface area contributed by atoms with Crippen molar-refractivity contribution in [2.45, 2.75) is 51.4 Å². The molecule has 2 heterocycles. The van der Waals surface area contributed by atoms with Gasteiger partial charge in [0.25, 0.3) is 0 Å². The summed E-state index contributed by atoms with van der Waals surface area (Å²) in [5, 5.41) is 12.4. The maximum atomic E-state index is 14.4. The molecule has 0 unspecified atom stereocenters. The molecule has 3 aromatic rings. The fraction of sp³-hybridized carbons (Fsp3) is 0.381. The lowest BCUT2D eigenvalue weighted by molar-refractivity contribution is 0.163. The molecule has 0 spiro atoms.